The van der Waals surface area contributed by atoms with Crippen molar-refractivity contribution in [3.05, 3.63) is 212 Å². The van der Waals surface area contributed by atoms with Crippen LogP contribution >= 0.6 is 0 Å². The number of aromatic nitrogens is 4. The van der Waals surface area contributed by atoms with Crippen LogP contribution < -0.4 is 4.90 Å². The number of fused-ring (bicyclic) bond motifs is 3. The van der Waals surface area contributed by atoms with Crippen LogP contribution in [0.1, 0.15) is 0 Å². The van der Waals surface area contributed by atoms with Crippen LogP contribution in [0, 0.1) is 0 Å². The van der Waals surface area contributed by atoms with Gasteiger partial charge in [-0.15, -0.1) is 0 Å². The van der Waals surface area contributed by atoms with Crippen LogP contribution in [0.15, 0.2) is 212 Å². The van der Waals surface area contributed by atoms with E-state index in [-0.39, 0.29) is 0 Å². The van der Waals surface area contributed by atoms with E-state index in [4.69, 9.17) is 15.0 Å². The molecule has 5 heteroatoms. The zero-order valence-electron chi connectivity index (χ0n) is 30.4. The molecule has 8 aromatic carbocycles. The van der Waals surface area contributed by atoms with E-state index in [0.29, 0.717) is 17.6 Å². The molecule has 2 heterocycles. The summed E-state index contributed by atoms with van der Waals surface area (Å²) in [4.78, 5) is 17.8. The van der Waals surface area contributed by atoms with Crippen LogP contribution in [0.4, 0.5) is 17.1 Å². The van der Waals surface area contributed by atoms with Gasteiger partial charge in [-0.3, -0.25) is 4.57 Å². The first-order chi connectivity index (χ1) is 27.8. The number of hydrogen-bond donors (Lipinski definition) is 0. The molecule has 56 heavy (non-hydrogen) atoms. The molecule has 0 radical (unpaired) electrons. The quantitative estimate of drug-likeness (QED) is 0.157. The second kappa shape index (κ2) is 14.3. The summed E-state index contributed by atoms with van der Waals surface area (Å²) in [7, 11) is 0. The van der Waals surface area contributed by atoms with Gasteiger partial charge in [0.1, 0.15) is 0 Å². The fourth-order valence-electron chi connectivity index (χ4n) is 7.60. The second-order valence-corrected chi connectivity index (χ2v) is 13.7. The van der Waals surface area contributed by atoms with E-state index in [0.717, 1.165) is 72.2 Å². The lowest BCUT2D eigenvalue weighted by Crippen LogP contribution is -2.10. The molecule has 0 saturated heterocycles. The van der Waals surface area contributed by atoms with Crippen molar-refractivity contribution in [2.75, 3.05) is 4.90 Å². The Balaban J connectivity index is 1.12. The lowest BCUT2D eigenvalue weighted by molar-refractivity contribution is 0.953. The Bertz CT molecular complexity index is 2900. The molecule has 0 saturated carbocycles. The molecule has 5 nitrogen and oxygen atoms in total. The molecular weight excluding hydrogens is 683 g/mol. The number of rotatable bonds is 8. The lowest BCUT2D eigenvalue weighted by atomic mass is 10.0. The number of benzene rings is 8. The Kier molecular flexibility index (Phi) is 8.43. The maximum atomic E-state index is 5.23. The maximum Gasteiger partial charge on any atom is 0.238 e. The van der Waals surface area contributed by atoms with Gasteiger partial charge in [0.25, 0.3) is 0 Å². The molecule has 0 amide bonds. The molecule has 0 aliphatic carbocycles. The summed E-state index contributed by atoms with van der Waals surface area (Å²) in [6, 6.07) is 73.9. The van der Waals surface area contributed by atoms with Crippen molar-refractivity contribution in [1.82, 2.24) is 19.5 Å². The van der Waals surface area contributed by atoms with Crippen LogP contribution in [-0.4, -0.2) is 19.5 Å². The molecule has 10 aromatic rings. The van der Waals surface area contributed by atoms with Crippen molar-refractivity contribution in [3.8, 4) is 51.0 Å². The fraction of sp³-hybridized carbons (Fsp3) is 0. The summed E-state index contributed by atoms with van der Waals surface area (Å²) in [5, 5.41) is 2.29. The number of para-hydroxylation sites is 4. The molecule has 2 aromatic heterocycles. The first-order valence-electron chi connectivity index (χ1n) is 18.8. The smallest absolute Gasteiger partial charge is 0.238 e. The Morgan fingerprint density at radius 1 is 0.339 bits per heavy atom. The third-order valence-corrected chi connectivity index (χ3v) is 10.3. The SMILES string of the molecule is c1ccc(-c2ccc3c4ccccc4n(-c4nc(-c5ccccc5)nc(-c5ccc(-c6ccccc6N(c6ccccc6)c6ccccc6)cc5)n4)c3c2)cc1. The van der Waals surface area contributed by atoms with E-state index >= 15 is 0 Å². The highest BCUT2D eigenvalue weighted by Crippen LogP contribution is 2.41. The van der Waals surface area contributed by atoms with Crippen LogP contribution in [0.2, 0.25) is 0 Å². The van der Waals surface area contributed by atoms with E-state index in [1.807, 2.05) is 36.4 Å². The number of nitrogens with zero attached hydrogens (tertiary/aromatic N) is 5. The maximum absolute atomic E-state index is 5.23. The van der Waals surface area contributed by atoms with Gasteiger partial charge in [0.2, 0.25) is 5.95 Å². The third-order valence-electron chi connectivity index (χ3n) is 10.3. The summed E-state index contributed by atoms with van der Waals surface area (Å²) in [5.74, 6) is 1.79. The zero-order valence-corrected chi connectivity index (χ0v) is 30.4. The molecule has 0 bridgehead atoms. The monoisotopic (exact) mass is 717 g/mol. The second-order valence-electron chi connectivity index (χ2n) is 13.7. The van der Waals surface area contributed by atoms with E-state index in [2.05, 4.69) is 185 Å². The van der Waals surface area contributed by atoms with Crippen molar-refractivity contribution in [2.45, 2.75) is 0 Å². The molecule has 0 fully saturated rings. The first kappa shape index (κ1) is 33.0. The molecule has 0 atom stereocenters. The average Bonchev–Trinajstić information content (AvgIpc) is 3.62. The lowest BCUT2D eigenvalue weighted by Gasteiger charge is -2.27. The Morgan fingerprint density at radius 3 is 1.48 bits per heavy atom. The highest BCUT2D eigenvalue weighted by Gasteiger charge is 2.20. The van der Waals surface area contributed by atoms with Crippen molar-refractivity contribution in [1.29, 1.82) is 0 Å². The van der Waals surface area contributed by atoms with Gasteiger partial charge in [-0.2, -0.15) is 9.97 Å². The number of hydrogen-bond acceptors (Lipinski definition) is 4. The highest BCUT2D eigenvalue weighted by molar-refractivity contribution is 6.10. The summed E-state index contributed by atoms with van der Waals surface area (Å²) in [6.07, 6.45) is 0. The van der Waals surface area contributed by atoms with E-state index < -0.39 is 0 Å². The Morgan fingerprint density at radius 2 is 0.821 bits per heavy atom. The minimum absolute atomic E-state index is 0.570. The minimum atomic E-state index is 0.570. The molecule has 10 rings (SSSR count). The van der Waals surface area contributed by atoms with Gasteiger partial charge >= 0.3 is 0 Å². The molecule has 0 N–H and O–H groups in total. The van der Waals surface area contributed by atoms with Gasteiger partial charge in [0, 0.05) is 38.8 Å². The predicted molar refractivity (Wildman–Crippen MR) is 231 cm³/mol. The van der Waals surface area contributed by atoms with Gasteiger partial charge in [0.15, 0.2) is 11.6 Å². The van der Waals surface area contributed by atoms with Crippen molar-refractivity contribution >= 4 is 38.9 Å². The van der Waals surface area contributed by atoms with Gasteiger partial charge < -0.3 is 4.90 Å². The minimum Gasteiger partial charge on any atom is -0.310 e. The predicted octanol–water partition coefficient (Wildman–Crippen LogP) is 13.1. The van der Waals surface area contributed by atoms with E-state index in [1.54, 1.807) is 0 Å². The van der Waals surface area contributed by atoms with E-state index in [1.165, 1.54) is 0 Å². The molecule has 0 spiro atoms. The van der Waals surface area contributed by atoms with Gasteiger partial charge in [-0.05, 0) is 59.2 Å². The Labute approximate surface area is 325 Å². The molecular formula is C51H35N5. The van der Waals surface area contributed by atoms with Crippen molar-refractivity contribution in [2.24, 2.45) is 0 Å². The van der Waals surface area contributed by atoms with Crippen LogP contribution in [-0.2, 0) is 0 Å². The van der Waals surface area contributed by atoms with Gasteiger partial charge in [-0.1, -0.05) is 170 Å². The van der Waals surface area contributed by atoms with Crippen LogP contribution in [0.25, 0.3) is 72.8 Å². The molecule has 0 aliphatic rings. The zero-order chi connectivity index (χ0) is 37.3. The van der Waals surface area contributed by atoms with Crippen LogP contribution in [0.5, 0.6) is 0 Å². The largest absolute Gasteiger partial charge is 0.310 e. The summed E-state index contributed by atoms with van der Waals surface area (Å²) < 4.78 is 2.18. The molecule has 0 unspecified atom stereocenters. The third kappa shape index (κ3) is 6.07. The first-order valence-corrected chi connectivity index (χ1v) is 18.8. The van der Waals surface area contributed by atoms with Crippen LogP contribution in [0.3, 0.4) is 0 Å². The topological polar surface area (TPSA) is 46.8 Å². The van der Waals surface area contributed by atoms with Gasteiger partial charge in [-0.25, -0.2) is 4.98 Å². The normalized spacial score (nSPS) is 11.2. The summed E-state index contributed by atoms with van der Waals surface area (Å²) in [5.41, 5.74) is 11.7. The standard InChI is InChI=1S/C51H35N5/c1-5-17-36(18-6-1)40-33-34-45-44-26-14-16-28-47(44)56(48(45)35-40)51-53-49(38-19-7-2-8-20-38)52-50(54-51)39-31-29-37(30-32-39)43-25-13-15-27-46(43)55(41-21-9-3-10-22-41)42-23-11-4-12-24-42/h1-35H. The summed E-state index contributed by atoms with van der Waals surface area (Å²) in [6.45, 7) is 0. The van der Waals surface area contributed by atoms with Crippen molar-refractivity contribution < 1.29 is 0 Å². The molecule has 0 aliphatic heterocycles. The molecule has 264 valence electrons. The highest BCUT2D eigenvalue weighted by atomic mass is 15.2. The Hall–Kier alpha value is -7.63. The average molecular weight is 718 g/mol. The van der Waals surface area contributed by atoms with Crippen molar-refractivity contribution in [3.63, 3.8) is 0 Å². The van der Waals surface area contributed by atoms with Gasteiger partial charge in [0.05, 0.1) is 16.7 Å². The van der Waals surface area contributed by atoms with E-state index in [9.17, 15) is 0 Å². The number of anilines is 3. The fourth-order valence-corrected chi connectivity index (χ4v) is 7.60. The summed E-state index contributed by atoms with van der Waals surface area (Å²) >= 11 is 0.